The topological polar surface area (TPSA) is 56.0 Å². The van der Waals surface area contributed by atoms with Gasteiger partial charge in [-0.2, -0.15) is 0 Å². The normalized spacial score (nSPS) is 11.0. The first-order valence-corrected chi connectivity index (χ1v) is 8.56. The molecule has 0 unspecified atom stereocenters. The van der Waals surface area contributed by atoms with Crippen LogP contribution < -0.4 is 11.0 Å². The number of rotatable bonds is 6. The van der Waals surface area contributed by atoms with E-state index in [4.69, 9.17) is 0 Å². The lowest BCUT2D eigenvalue weighted by Gasteiger charge is -2.05. The summed E-state index contributed by atoms with van der Waals surface area (Å²) >= 11 is 1.60. The number of para-hydroxylation sites is 2. The fraction of sp³-hybridized carbons (Fsp3) is 0.294. The molecule has 5 nitrogen and oxygen atoms in total. The molecule has 0 bridgehead atoms. The SMILES string of the molecule is CCCn1c(=O)n(CC(=O)NCc2cccs2)c2ccccc21. The Balaban J connectivity index is 1.83. The lowest BCUT2D eigenvalue weighted by molar-refractivity contribution is -0.121. The summed E-state index contributed by atoms with van der Waals surface area (Å²) in [6.07, 6.45) is 0.874. The number of carbonyl (C=O) groups is 1. The molecule has 0 aliphatic carbocycles. The molecule has 6 heteroatoms. The van der Waals surface area contributed by atoms with E-state index in [-0.39, 0.29) is 18.1 Å². The fourth-order valence-electron chi connectivity index (χ4n) is 2.66. The Morgan fingerprint density at radius 1 is 1.13 bits per heavy atom. The van der Waals surface area contributed by atoms with Crippen LogP contribution in [0.1, 0.15) is 18.2 Å². The number of hydrogen-bond donors (Lipinski definition) is 1. The number of thiophene rings is 1. The lowest BCUT2D eigenvalue weighted by Crippen LogP contribution is -2.32. The number of hydrogen-bond acceptors (Lipinski definition) is 3. The molecule has 0 radical (unpaired) electrons. The summed E-state index contributed by atoms with van der Waals surface area (Å²) in [6.45, 7) is 3.23. The van der Waals surface area contributed by atoms with Gasteiger partial charge in [-0.05, 0) is 30.0 Å². The van der Waals surface area contributed by atoms with E-state index in [1.807, 2.05) is 48.7 Å². The molecule has 1 N–H and O–H groups in total. The highest BCUT2D eigenvalue weighted by Gasteiger charge is 2.14. The minimum atomic E-state index is -0.153. The van der Waals surface area contributed by atoms with Crippen molar-refractivity contribution >= 4 is 28.3 Å². The van der Waals surface area contributed by atoms with Crippen LogP contribution in [-0.2, 0) is 24.4 Å². The maximum atomic E-state index is 12.6. The Morgan fingerprint density at radius 2 is 1.87 bits per heavy atom. The number of carbonyl (C=O) groups excluding carboxylic acids is 1. The molecule has 0 atom stereocenters. The average molecular weight is 329 g/mol. The van der Waals surface area contributed by atoms with Gasteiger partial charge in [-0.3, -0.25) is 13.9 Å². The quantitative estimate of drug-likeness (QED) is 0.756. The summed E-state index contributed by atoms with van der Waals surface area (Å²) in [5, 5.41) is 4.85. The van der Waals surface area contributed by atoms with Crippen molar-refractivity contribution in [3.63, 3.8) is 0 Å². The third kappa shape index (κ3) is 3.22. The van der Waals surface area contributed by atoms with E-state index in [1.165, 1.54) is 0 Å². The summed E-state index contributed by atoms with van der Waals surface area (Å²) in [7, 11) is 0. The first-order valence-electron chi connectivity index (χ1n) is 7.68. The predicted octanol–water partition coefficient (Wildman–Crippen LogP) is 2.59. The molecule has 23 heavy (non-hydrogen) atoms. The van der Waals surface area contributed by atoms with Gasteiger partial charge < -0.3 is 5.32 Å². The van der Waals surface area contributed by atoms with Crippen LogP contribution in [0.3, 0.4) is 0 Å². The highest BCUT2D eigenvalue weighted by atomic mass is 32.1. The third-order valence-corrected chi connectivity index (χ3v) is 4.59. The summed E-state index contributed by atoms with van der Waals surface area (Å²) in [5.74, 6) is -0.153. The number of fused-ring (bicyclic) bond motifs is 1. The summed E-state index contributed by atoms with van der Waals surface area (Å²) < 4.78 is 3.29. The number of nitrogens with zero attached hydrogens (tertiary/aromatic N) is 2. The molecule has 0 fully saturated rings. The van der Waals surface area contributed by atoms with E-state index < -0.39 is 0 Å². The highest BCUT2D eigenvalue weighted by Crippen LogP contribution is 2.13. The van der Waals surface area contributed by atoms with Gasteiger partial charge in [0.2, 0.25) is 5.91 Å². The fourth-order valence-corrected chi connectivity index (χ4v) is 3.31. The van der Waals surface area contributed by atoms with Crippen molar-refractivity contribution in [1.82, 2.24) is 14.5 Å². The molecule has 2 heterocycles. The molecule has 0 aliphatic heterocycles. The second-order valence-electron chi connectivity index (χ2n) is 5.37. The zero-order valence-electron chi connectivity index (χ0n) is 13.0. The maximum Gasteiger partial charge on any atom is 0.329 e. The van der Waals surface area contributed by atoms with E-state index in [0.29, 0.717) is 13.1 Å². The number of imidazole rings is 1. The smallest absolute Gasteiger partial charge is 0.329 e. The molecule has 3 aromatic rings. The van der Waals surface area contributed by atoms with Gasteiger partial charge >= 0.3 is 5.69 Å². The Kier molecular flexibility index (Phi) is 4.62. The molecule has 0 spiro atoms. The molecule has 0 saturated heterocycles. The molecular weight excluding hydrogens is 310 g/mol. The van der Waals surface area contributed by atoms with E-state index >= 15 is 0 Å². The van der Waals surface area contributed by atoms with Crippen molar-refractivity contribution in [2.75, 3.05) is 0 Å². The van der Waals surface area contributed by atoms with Gasteiger partial charge in [-0.1, -0.05) is 25.1 Å². The van der Waals surface area contributed by atoms with E-state index in [2.05, 4.69) is 5.32 Å². The Bertz CT molecular complexity index is 862. The molecule has 2 aromatic heterocycles. The minimum Gasteiger partial charge on any atom is -0.350 e. The largest absolute Gasteiger partial charge is 0.350 e. The van der Waals surface area contributed by atoms with E-state index in [0.717, 1.165) is 22.3 Å². The van der Waals surface area contributed by atoms with Crippen LogP contribution in [0.4, 0.5) is 0 Å². The maximum absolute atomic E-state index is 12.6. The van der Waals surface area contributed by atoms with Crippen LogP contribution in [0.25, 0.3) is 11.0 Å². The monoisotopic (exact) mass is 329 g/mol. The van der Waals surface area contributed by atoms with Crippen LogP contribution in [-0.4, -0.2) is 15.0 Å². The van der Waals surface area contributed by atoms with Crippen LogP contribution in [0.5, 0.6) is 0 Å². The molecular formula is C17H19N3O2S. The van der Waals surface area contributed by atoms with Crippen molar-refractivity contribution in [2.24, 2.45) is 0 Å². The zero-order valence-corrected chi connectivity index (χ0v) is 13.8. The molecule has 0 saturated carbocycles. The van der Waals surface area contributed by atoms with Crippen molar-refractivity contribution in [1.29, 1.82) is 0 Å². The average Bonchev–Trinajstić information content (AvgIpc) is 3.16. The Hall–Kier alpha value is -2.34. The zero-order chi connectivity index (χ0) is 16.2. The van der Waals surface area contributed by atoms with Crippen LogP contribution in [0, 0.1) is 0 Å². The molecule has 0 aliphatic rings. The third-order valence-electron chi connectivity index (χ3n) is 3.71. The van der Waals surface area contributed by atoms with E-state index in [1.54, 1.807) is 20.5 Å². The standard InChI is InChI=1S/C17H19N3O2S/c1-2-9-19-14-7-3-4-8-15(14)20(17(19)22)12-16(21)18-11-13-6-5-10-23-13/h3-8,10H,2,9,11-12H2,1H3,(H,18,21). The second kappa shape index (κ2) is 6.83. The first kappa shape index (κ1) is 15.6. The van der Waals surface area contributed by atoms with Crippen LogP contribution >= 0.6 is 11.3 Å². The molecule has 1 aromatic carbocycles. The van der Waals surface area contributed by atoms with Gasteiger partial charge in [0.25, 0.3) is 0 Å². The number of nitrogens with one attached hydrogen (secondary N) is 1. The van der Waals surface area contributed by atoms with Crippen LogP contribution in [0.2, 0.25) is 0 Å². The van der Waals surface area contributed by atoms with E-state index in [9.17, 15) is 9.59 Å². The van der Waals surface area contributed by atoms with Gasteiger partial charge in [-0.25, -0.2) is 4.79 Å². The van der Waals surface area contributed by atoms with Crippen molar-refractivity contribution < 1.29 is 4.79 Å². The second-order valence-corrected chi connectivity index (χ2v) is 6.40. The predicted molar refractivity (Wildman–Crippen MR) is 92.7 cm³/mol. The van der Waals surface area contributed by atoms with Crippen molar-refractivity contribution in [3.8, 4) is 0 Å². The summed E-state index contributed by atoms with van der Waals surface area (Å²) in [4.78, 5) is 25.9. The van der Waals surface area contributed by atoms with Crippen molar-refractivity contribution in [2.45, 2.75) is 33.0 Å². The molecule has 3 rings (SSSR count). The summed E-state index contributed by atoms with van der Waals surface area (Å²) in [5.41, 5.74) is 1.56. The molecule has 1 amide bonds. The number of amides is 1. The van der Waals surface area contributed by atoms with Crippen LogP contribution in [0.15, 0.2) is 46.6 Å². The number of aryl methyl sites for hydroxylation is 1. The molecule has 120 valence electrons. The van der Waals surface area contributed by atoms with Gasteiger partial charge in [-0.15, -0.1) is 11.3 Å². The van der Waals surface area contributed by atoms with Gasteiger partial charge in [0, 0.05) is 11.4 Å². The number of aromatic nitrogens is 2. The summed E-state index contributed by atoms with van der Waals surface area (Å²) in [6, 6.07) is 11.5. The highest BCUT2D eigenvalue weighted by molar-refractivity contribution is 7.09. The Morgan fingerprint density at radius 3 is 2.52 bits per heavy atom. The van der Waals surface area contributed by atoms with Gasteiger partial charge in [0.05, 0.1) is 17.6 Å². The van der Waals surface area contributed by atoms with Gasteiger partial charge in [0.1, 0.15) is 6.54 Å². The number of benzene rings is 1. The van der Waals surface area contributed by atoms with Crippen molar-refractivity contribution in [3.05, 3.63) is 57.1 Å². The lowest BCUT2D eigenvalue weighted by atomic mass is 10.3. The first-order chi connectivity index (χ1) is 11.2. The minimum absolute atomic E-state index is 0.0431. The Labute approximate surface area is 138 Å². The van der Waals surface area contributed by atoms with Gasteiger partial charge in [0.15, 0.2) is 0 Å².